The number of hydrogen-bond acceptors (Lipinski definition) is 5. The lowest BCUT2D eigenvalue weighted by atomic mass is 10.1. The molecule has 0 aliphatic carbocycles. The Kier molecular flexibility index (Phi) is 6.32. The minimum atomic E-state index is -4.53. The van der Waals surface area contributed by atoms with Crippen LogP contribution >= 0.6 is 11.8 Å². The highest BCUT2D eigenvalue weighted by molar-refractivity contribution is 7.98. The van der Waals surface area contributed by atoms with Gasteiger partial charge in [-0.3, -0.25) is 4.98 Å². The fourth-order valence-corrected chi connectivity index (χ4v) is 3.21. The van der Waals surface area contributed by atoms with Crippen molar-refractivity contribution in [3.05, 3.63) is 71.7 Å². The molecule has 0 fully saturated rings. The molecule has 3 aromatic rings. The van der Waals surface area contributed by atoms with Crippen molar-refractivity contribution >= 4 is 17.9 Å². The standard InChI is InChI=1S/C19H15F3N4O2S/c20-19(21,22)16-7-6-13(9-23-16)15-8-14(10-24-18(27)28)25-17(26-15)29-11-12-4-2-1-3-5-12/h1-9,24H,10-11H2,(H,27,28). The second-order valence-corrected chi connectivity index (χ2v) is 6.83. The molecule has 1 aromatic carbocycles. The van der Waals surface area contributed by atoms with Crippen molar-refractivity contribution in [1.29, 1.82) is 0 Å². The van der Waals surface area contributed by atoms with Crippen molar-refractivity contribution in [3.8, 4) is 11.3 Å². The predicted octanol–water partition coefficient (Wildman–Crippen LogP) is 4.62. The van der Waals surface area contributed by atoms with Crippen LogP contribution in [0.5, 0.6) is 0 Å². The van der Waals surface area contributed by atoms with Gasteiger partial charge in [0, 0.05) is 17.5 Å². The van der Waals surface area contributed by atoms with E-state index >= 15 is 0 Å². The van der Waals surface area contributed by atoms with E-state index in [4.69, 9.17) is 5.11 Å². The molecule has 2 N–H and O–H groups in total. The number of nitrogens with one attached hydrogen (secondary N) is 1. The van der Waals surface area contributed by atoms with Gasteiger partial charge in [0.25, 0.3) is 0 Å². The Balaban J connectivity index is 1.88. The van der Waals surface area contributed by atoms with Crippen LogP contribution in [0.3, 0.4) is 0 Å². The Morgan fingerprint density at radius 2 is 1.86 bits per heavy atom. The molecule has 2 heterocycles. The molecule has 0 saturated carbocycles. The maximum Gasteiger partial charge on any atom is 0.433 e. The van der Waals surface area contributed by atoms with Crippen molar-refractivity contribution in [2.45, 2.75) is 23.6 Å². The van der Waals surface area contributed by atoms with Crippen LogP contribution in [-0.4, -0.2) is 26.2 Å². The fourth-order valence-electron chi connectivity index (χ4n) is 2.38. The zero-order valence-electron chi connectivity index (χ0n) is 14.8. The van der Waals surface area contributed by atoms with E-state index in [0.29, 0.717) is 27.9 Å². The molecule has 0 aliphatic heterocycles. The van der Waals surface area contributed by atoms with Gasteiger partial charge >= 0.3 is 12.3 Å². The molecule has 1 amide bonds. The van der Waals surface area contributed by atoms with Crippen LogP contribution < -0.4 is 5.32 Å². The van der Waals surface area contributed by atoms with Gasteiger partial charge in [-0.15, -0.1) is 0 Å². The van der Waals surface area contributed by atoms with Gasteiger partial charge in [-0.25, -0.2) is 14.8 Å². The van der Waals surface area contributed by atoms with Crippen molar-refractivity contribution in [3.63, 3.8) is 0 Å². The second-order valence-electron chi connectivity index (χ2n) is 5.89. The van der Waals surface area contributed by atoms with Crippen LogP contribution in [-0.2, 0) is 18.5 Å². The Morgan fingerprint density at radius 1 is 1.10 bits per heavy atom. The van der Waals surface area contributed by atoms with Crippen molar-refractivity contribution < 1.29 is 23.1 Å². The molecule has 0 radical (unpaired) electrons. The smallest absolute Gasteiger partial charge is 0.433 e. The lowest BCUT2D eigenvalue weighted by Gasteiger charge is -2.10. The third kappa shape index (κ3) is 5.92. The number of aromatic nitrogens is 3. The molecule has 10 heteroatoms. The summed E-state index contributed by atoms with van der Waals surface area (Å²) < 4.78 is 38.2. The molecule has 0 saturated heterocycles. The largest absolute Gasteiger partial charge is 0.465 e. The molecule has 0 atom stereocenters. The van der Waals surface area contributed by atoms with Crippen LogP contribution in [0, 0.1) is 0 Å². The number of nitrogens with zero attached hydrogens (tertiary/aromatic N) is 3. The van der Waals surface area contributed by atoms with Crippen molar-refractivity contribution in [1.82, 2.24) is 20.3 Å². The monoisotopic (exact) mass is 420 g/mol. The number of thioether (sulfide) groups is 1. The third-order valence-electron chi connectivity index (χ3n) is 3.74. The summed E-state index contributed by atoms with van der Waals surface area (Å²) in [5, 5.41) is 11.4. The summed E-state index contributed by atoms with van der Waals surface area (Å²) in [5.41, 5.74) is 1.18. The number of rotatable bonds is 6. The summed E-state index contributed by atoms with van der Waals surface area (Å²) in [6.07, 6.45) is -4.65. The van der Waals surface area contributed by atoms with E-state index in [0.717, 1.165) is 17.8 Å². The highest BCUT2D eigenvalue weighted by Crippen LogP contribution is 2.29. The maximum absolute atomic E-state index is 12.7. The highest BCUT2D eigenvalue weighted by Gasteiger charge is 2.32. The molecule has 0 bridgehead atoms. The lowest BCUT2D eigenvalue weighted by molar-refractivity contribution is -0.141. The zero-order valence-corrected chi connectivity index (χ0v) is 15.7. The normalized spacial score (nSPS) is 11.3. The summed E-state index contributed by atoms with van der Waals surface area (Å²) >= 11 is 1.34. The van der Waals surface area contributed by atoms with E-state index in [1.165, 1.54) is 23.9 Å². The van der Waals surface area contributed by atoms with Crippen LogP contribution in [0.1, 0.15) is 17.0 Å². The van der Waals surface area contributed by atoms with Crippen molar-refractivity contribution in [2.75, 3.05) is 0 Å². The second kappa shape index (κ2) is 8.91. The van der Waals surface area contributed by atoms with E-state index in [9.17, 15) is 18.0 Å². The number of pyridine rings is 1. The van der Waals surface area contributed by atoms with Gasteiger partial charge in [0.15, 0.2) is 5.16 Å². The van der Waals surface area contributed by atoms with Gasteiger partial charge in [-0.05, 0) is 23.8 Å². The average Bonchev–Trinajstić information content (AvgIpc) is 2.71. The molecule has 6 nitrogen and oxygen atoms in total. The minimum Gasteiger partial charge on any atom is -0.465 e. The quantitative estimate of drug-likeness (QED) is 0.447. The van der Waals surface area contributed by atoms with Gasteiger partial charge in [0.1, 0.15) is 5.69 Å². The SMILES string of the molecule is O=C(O)NCc1cc(-c2ccc(C(F)(F)F)nc2)nc(SCc2ccccc2)n1. The number of hydrogen-bond donors (Lipinski definition) is 2. The number of benzene rings is 1. The van der Waals surface area contributed by atoms with E-state index in [2.05, 4.69) is 20.3 Å². The molecule has 3 rings (SSSR count). The summed E-state index contributed by atoms with van der Waals surface area (Å²) in [6.45, 7) is -0.0577. The first-order valence-electron chi connectivity index (χ1n) is 8.36. The predicted molar refractivity (Wildman–Crippen MR) is 101 cm³/mol. The average molecular weight is 420 g/mol. The zero-order chi connectivity index (χ0) is 20.9. The number of alkyl halides is 3. The van der Waals surface area contributed by atoms with Gasteiger partial charge < -0.3 is 10.4 Å². The Morgan fingerprint density at radius 3 is 2.48 bits per heavy atom. The molecule has 0 unspecified atom stereocenters. The van der Waals surface area contributed by atoms with E-state index in [1.54, 1.807) is 0 Å². The highest BCUT2D eigenvalue weighted by atomic mass is 32.2. The van der Waals surface area contributed by atoms with Gasteiger partial charge in [0.2, 0.25) is 0 Å². The van der Waals surface area contributed by atoms with E-state index < -0.39 is 18.0 Å². The van der Waals surface area contributed by atoms with Gasteiger partial charge in [-0.1, -0.05) is 42.1 Å². The van der Waals surface area contributed by atoms with E-state index in [1.807, 2.05) is 30.3 Å². The molecular formula is C19H15F3N4O2S. The first kappa shape index (κ1) is 20.6. The first-order valence-corrected chi connectivity index (χ1v) is 9.35. The van der Waals surface area contributed by atoms with Crippen LogP contribution in [0.4, 0.5) is 18.0 Å². The van der Waals surface area contributed by atoms with Crippen LogP contribution in [0.15, 0.2) is 59.9 Å². The molecule has 150 valence electrons. The summed E-state index contributed by atoms with van der Waals surface area (Å²) in [5.74, 6) is 0.585. The minimum absolute atomic E-state index is 0.0577. The summed E-state index contributed by atoms with van der Waals surface area (Å²) in [7, 11) is 0. The molecule has 0 spiro atoms. The van der Waals surface area contributed by atoms with Crippen molar-refractivity contribution in [2.24, 2.45) is 0 Å². The molecule has 2 aromatic heterocycles. The number of halogens is 3. The van der Waals surface area contributed by atoms with Crippen LogP contribution in [0.25, 0.3) is 11.3 Å². The Labute approximate surface area is 168 Å². The van der Waals surface area contributed by atoms with Gasteiger partial charge in [0.05, 0.1) is 17.9 Å². The lowest BCUT2D eigenvalue weighted by Crippen LogP contribution is -2.21. The number of carbonyl (C=O) groups is 1. The topological polar surface area (TPSA) is 88.0 Å². The maximum atomic E-state index is 12.7. The molecule has 29 heavy (non-hydrogen) atoms. The van der Waals surface area contributed by atoms with Gasteiger partial charge in [-0.2, -0.15) is 13.2 Å². The number of amides is 1. The Hall–Kier alpha value is -3.14. The first-order chi connectivity index (χ1) is 13.8. The molecular weight excluding hydrogens is 405 g/mol. The summed E-state index contributed by atoms with van der Waals surface area (Å²) in [6, 6.07) is 13.3. The molecule has 0 aliphatic rings. The fraction of sp³-hybridized carbons (Fsp3) is 0.158. The summed E-state index contributed by atoms with van der Waals surface area (Å²) in [4.78, 5) is 23.0. The Bertz CT molecular complexity index is 983. The van der Waals surface area contributed by atoms with E-state index in [-0.39, 0.29) is 6.54 Å². The van der Waals surface area contributed by atoms with Crippen LogP contribution in [0.2, 0.25) is 0 Å². The number of carboxylic acid groups (broad SMARTS) is 1. The third-order valence-corrected chi connectivity index (χ3v) is 4.66.